The number of ether oxygens (including phenoxy) is 9. The van der Waals surface area contributed by atoms with E-state index >= 15 is 0 Å². The van der Waals surface area contributed by atoms with Crippen molar-refractivity contribution >= 4 is 0 Å². The SMILES string of the molecule is c1cc(COCOCOCc2ccc(CCCCCCCCOCCOC3CCCCO3)cc2)ccc1CCCCCCCCOCCOC1CCCCO1. The fourth-order valence-corrected chi connectivity index (χ4v) is 6.92. The van der Waals surface area contributed by atoms with Crippen molar-refractivity contribution in [3.63, 3.8) is 0 Å². The zero-order chi connectivity index (χ0) is 38.1. The lowest BCUT2D eigenvalue weighted by atomic mass is 10.0. The van der Waals surface area contributed by atoms with Crippen LogP contribution >= 0.6 is 0 Å². The Labute approximate surface area is 333 Å². The predicted molar refractivity (Wildman–Crippen MR) is 217 cm³/mol. The Morgan fingerprint density at radius 2 is 0.782 bits per heavy atom. The van der Waals surface area contributed by atoms with Crippen molar-refractivity contribution in [1.29, 1.82) is 0 Å². The molecule has 0 bridgehead atoms. The molecule has 2 fully saturated rings. The number of hydrogen-bond acceptors (Lipinski definition) is 9. The first kappa shape index (κ1) is 45.8. The summed E-state index contributed by atoms with van der Waals surface area (Å²) in [6.07, 6.45) is 23.9. The Kier molecular flexibility index (Phi) is 26.7. The molecule has 2 aliphatic heterocycles. The molecule has 2 unspecified atom stereocenters. The van der Waals surface area contributed by atoms with Gasteiger partial charge in [0.2, 0.25) is 0 Å². The normalized spacial score (nSPS) is 17.5. The Balaban J connectivity index is 0.856. The molecule has 2 aliphatic rings. The molecule has 9 heteroatoms. The van der Waals surface area contributed by atoms with Crippen LogP contribution in [0, 0.1) is 0 Å². The number of hydrogen-bond donors (Lipinski definition) is 0. The van der Waals surface area contributed by atoms with Crippen molar-refractivity contribution in [2.45, 2.75) is 154 Å². The van der Waals surface area contributed by atoms with Crippen LogP contribution in [-0.4, -0.2) is 79.0 Å². The molecule has 0 amide bonds. The monoisotopic (exact) mass is 771 g/mol. The average Bonchev–Trinajstić information content (AvgIpc) is 3.23. The fraction of sp³-hybridized carbons (Fsp3) is 0.739. The van der Waals surface area contributed by atoms with Crippen molar-refractivity contribution in [2.75, 3.05) is 66.4 Å². The third kappa shape index (κ3) is 23.8. The zero-order valence-corrected chi connectivity index (χ0v) is 34.1. The Hall–Kier alpha value is -1.92. The van der Waals surface area contributed by atoms with E-state index in [0.29, 0.717) is 39.6 Å². The van der Waals surface area contributed by atoms with Crippen LogP contribution in [0.2, 0.25) is 0 Å². The summed E-state index contributed by atoms with van der Waals surface area (Å²) in [6, 6.07) is 17.5. The molecule has 0 aliphatic carbocycles. The van der Waals surface area contributed by atoms with E-state index < -0.39 is 0 Å². The van der Waals surface area contributed by atoms with E-state index in [1.54, 1.807) is 0 Å². The summed E-state index contributed by atoms with van der Waals surface area (Å²) in [7, 11) is 0. The van der Waals surface area contributed by atoms with Gasteiger partial charge in [-0.15, -0.1) is 0 Å². The molecule has 4 rings (SSSR count). The molecule has 2 atom stereocenters. The molecule has 0 radical (unpaired) electrons. The molecule has 0 saturated carbocycles. The lowest BCUT2D eigenvalue weighted by Gasteiger charge is -2.22. The van der Waals surface area contributed by atoms with Crippen molar-refractivity contribution in [3.8, 4) is 0 Å². The Morgan fingerprint density at radius 1 is 0.382 bits per heavy atom. The molecule has 0 spiro atoms. The van der Waals surface area contributed by atoms with Crippen LogP contribution in [-0.2, 0) is 68.7 Å². The third-order valence-corrected chi connectivity index (χ3v) is 10.3. The first-order valence-corrected chi connectivity index (χ1v) is 21.9. The van der Waals surface area contributed by atoms with Crippen molar-refractivity contribution in [2.24, 2.45) is 0 Å². The second-order valence-electron chi connectivity index (χ2n) is 15.1. The maximum Gasteiger partial charge on any atom is 0.157 e. The average molecular weight is 771 g/mol. The number of benzene rings is 2. The van der Waals surface area contributed by atoms with Crippen LogP contribution in [0.1, 0.15) is 138 Å². The second kappa shape index (κ2) is 32.1. The number of rotatable bonds is 34. The van der Waals surface area contributed by atoms with Crippen LogP contribution in [0.3, 0.4) is 0 Å². The second-order valence-corrected chi connectivity index (χ2v) is 15.1. The van der Waals surface area contributed by atoms with Crippen LogP contribution in [0.4, 0.5) is 0 Å². The maximum absolute atomic E-state index is 5.71. The van der Waals surface area contributed by atoms with Gasteiger partial charge in [0, 0.05) is 26.4 Å². The highest BCUT2D eigenvalue weighted by Gasteiger charge is 2.14. The third-order valence-electron chi connectivity index (χ3n) is 10.3. The van der Waals surface area contributed by atoms with Gasteiger partial charge in [0.05, 0.1) is 39.6 Å². The van der Waals surface area contributed by atoms with E-state index in [1.807, 2.05) is 0 Å². The zero-order valence-electron chi connectivity index (χ0n) is 34.1. The molecule has 2 aromatic carbocycles. The highest BCUT2D eigenvalue weighted by Crippen LogP contribution is 2.16. The quantitative estimate of drug-likeness (QED) is 0.0510. The van der Waals surface area contributed by atoms with E-state index in [9.17, 15) is 0 Å². The lowest BCUT2D eigenvalue weighted by molar-refractivity contribution is -0.169. The molecular weight excluding hydrogens is 696 g/mol. The van der Waals surface area contributed by atoms with Gasteiger partial charge in [0.1, 0.15) is 13.6 Å². The standard InChI is InChI=1S/C46H74O9/c1(3-7-13-29-47-33-35-54-45-19-11-15-31-52-45)5-9-17-41-21-25-43(26-22-41)37-49-39-51-40-50-38-44-27-23-42(24-28-44)18-10-6-2-4-8-14-30-48-34-36-55-46-20-12-16-32-53-46/h21-28,45-46H,1-20,29-40H2. The highest BCUT2D eigenvalue weighted by molar-refractivity contribution is 5.23. The molecule has 2 aromatic rings. The highest BCUT2D eigenvalue weighted by atomic mass is 16.7. The molecular formula is C46H74O9. The van der Waals surface area contributed by atoms with E-state index in [-0.39, 0.29) is 26.2 Å². The van der Waals surface area contributed by atoms with Crippen LogP contribution in [0.15, 0.2) is 48.5 Å². The van der Waals surface area contributed by atoms with Crippen molar-refractivity contribution < 1.29 is 42.6 Å². The van der Waals surface area contributed by atoms with Gasteiger partial charge in [-0.3, -0.25) is 0 Å². The Morgan fingerprint density at radius 3 is 1.20 bits per heavy atom. The van der Waals surface area contributed by atoms with Crippen LogP contribution in [0.25, 0.3) is 0 Å². The molecule has 2 heterocycles. The molecule has 9 nitrogen and oxygen atoms in total. The molecule has 312 valence electrons. The first-order valence-electron chi connectivity index (χ1n) is 21.9. The summed E-state index contributed by atoms with van der Waals surface area (Å²) < 4.78 is 50.9. The van der Waals surface area contributed by atoms with Gasteiger partial charge in [-0.05, 0) is 99.3 Å². The van der Waals surface area contributed by atoms with Crippen molar-refractivity contribution in [3.05, 3.63) is 70.8 Å². The largest absolute Gasteiger partial charge is 0.379 e. The minimum Gasteiger partial charge on any atom is -0.379 e. The molecule has 0 aromatic heterocycles. The van der Waals surface area contributed by atoms with E-state index in [0.717, 1.165) is 88.9 Å². The molecule has 0 N–H and O–H groups in total. The summed E-state index contributed by atoms with van der Waals surface area (Å²) in [6.45, 7) is 7.42. The lowest BCUT2D eigenvalue weighted by Crippen LogP contribution is -2.24. The summed E-state index contributed by atoms with van der Waals surface area (Å²) >= 11 is 0. The van der Waals surface area contributed by atoms with Gasteiger partial charge in [-0.2, -0.15) is 0 Å². The Bertz CT molecular complexity index is 1040. The van der Waals surface area contributed by atoms with Crippen LogP contribution in [0.5, 0.6) is 0 Å². The first-order chi connectivity index (χ1) is 27.3. The number of aryl methyl sites for hydroxylation is 2. The number of unbranched alkanes of at least 4 members (excludes halogenated alkanes) is 10. The minimum atomic E-state index is -0.0140. The fourth-order valence-electron chi connectivity index (χ4n) is 6.92. The molecule has 55 heavy (non-hydrogen) atoms. The van der Waals surface area contributed by atoms with Gasteiger partial charge >= 0.3 is 0 Å². The van der Waals surface area contributed by atoms with Crippen LogP contribution < -0.4 is 0 Å². The summed E-state index contributed by atoms with van der Waals surface area (Å²) in [5.41, 5.74) is 5.10. The maximum atomic E-state index is 5.71. The smallest absolute Gasteiger partial charge is 0.157 e. The van der Waals surface area contributed by atoms with E-state index in [4.69, 9.17) is 42.6 Å². The van der Waals surface area contributed by atoms with E-state index in [2.05, 4.69) is 48.5 Å². The van der Waals surface area contributed by atoms with Crippen molar-refractivity contribution in [1.82, 2.24) is 0 Å². The minimum absolute atomic E-state index is 0.0140. The predicted octanol–water partition coefficient (Wildman–Crippen LogP) is 10.2. The van der Waals surface area contributed by atoms with Gasteiger partial charge in [-0.1, -0.05) is 99.9 Å². The summed E-state index contributed by atoms with van der Waals surface area (Å²) in [5, 5.41) is 0. The molecule has 2 saturated heterocycles. The summed E-state index contributed by atoms with van der Waals surface area (Å²) in [5.74, 6) is 0. The summed E-state index contributed by atoms with van der Waals surface area (Å²) in [4.78, 5) is 0. The van der Waals surface area contributed by atoms with E-state index in [1.165, 1.54) is 88.2 Å². The van der Waals surface area contributed by atoms with Gasteiger partial charge < -0.3 is 42.6 Å². The topological polar surface area (TPSA) is 83.1 Å². The van der Waals surface area contributed by atoms with Gasteiger partial charge in [0.15, 0.2) is 12.6 Å². The van der Waals surface area contributed by atoms with Gasteiger partial charge in [0.25, 0.3) is 0 Å². The van der Waals surface area contributed by atoms with Gasteiger partial charge in [-0.25, -0.2) is 0 Å².